The van der Waals surface area contributed by atoms with Crippen LogP contribution in [0.5, 0.6) is 0 Å². The lowest BCUT2D eigenvalue weighted by molar-refractivity contribution is -0.145. The van der Waals surface area contributed by atoms with Crippen LogP contribution < -0.4 is 0 Å². The van der Waals surface area contributed by atoms with Crippen molar-refractivity contribution in [3.05, 3.63) is 78.1 Å². The summed E-state index contributed by atoms with van der Waals surface area (Å²) in [6.07, 6.45) is 2.89. The number of carboxylic acid groups (broad SMARTS) is 2. The summed E-state index contributed by atoms with van der Waals surface area (Å²) in [5.41, 5.74) is 3.86. The molecule has 1 heterocycles. The van der Waals surface area contributed by atoms with Crippen molar-refractivity contribution < 1.29 is 19.8 Å². The van der Waals surface area contributed by atoms with E-state index in [1.54, 1.807) is 35.2 Å². The number of carbonyl (C=O) groups is 2. The second-order valence-electron chi connectivity index (χ2n) is 6.08. The highest BCUT2D eigenvalue weighted by molar-refractivity contribution is 5.82. The Labute approximate surface area is 155 Å². The van der Waals surface area contributed by atoms with Gasteiger partial charge in [-0.15, -0.1) is 0 Å². The van der Waals surface area contributed by atoms with Crippen molar-refractivity contribution in [3.8, 4) is 22.9 Å². The molecule has 0 spiro atoms. The Morgan fingerprint density at radius 1 is 0.963 bits per heavy atom. The van der Waals surface area contributed by atoms with E-state index in [-0.39, 0.29) is 0 Å². The maximum atomic E-state index is 11.3. The molecule has 2 N–H and O–H groups in total. The standard InChI is InChI=1S/C21H16N2O4/c22-12-14-1-3-15(4-2-14)16-5-7-18(8-6-16)23-10-9-17(13-23)19(21(26)27)11-20(24)25/h1-10,13,19H,11H2,(H,24,25)(H,26,27). The molecule has 6 heteroatoms. The fourth-order valence-corrected chi connectivity index (χ4v) is 2.87. The zero-order valence-electron chi connectivity index (χ0n) is 14.2. The highest BCUT2D eigenvalue weighted by Gasteiger charge is 2.24. The monoisotopic (exact) mass is 360 g/mol. The van der Waals surface area contributed by atoms with Crippen LogP contribution in [-0.4, -0.2) is 26.7 Å². The first-order chi connectivity index (χ1) is 13.0. The van der Waals surface area contributed by atoms with Gasteiger partial charge in [-0.1, -0.05) is 24.3 Å². The molecule has 27 heavy (non-hydrogen) atoms. The van der Waals surface area contributed by atoms with Crippen LogP contribution in [0.15, 0.2) is 67.0 Å². The maximum Gasteiger partial charge on any atom is 0.311 e. The van der Waals surface area contributed by atoms with E-state index in [2.05, 4.69) is 6.07 Å². The van der Waals surface area contributed by atoms with Gasteiger partial charge >= 0.3 is 11.9 Å². The van der Waals surface area contributed by atoms with Crippen LogP contribution in [0, 0.1) is 11.3 Å². The fraction of sp³-hybridized carbons (Fsp3) is 0.0952. The van der Waals surface area contributed by atoms with Crippen molar-refractivity contribution in [2.45, 2.75) is 12.3 Å². The molecule has 0 aliphatic heterocycles. The van der Waals surface area contributed by atoms with E-state index < -0.39 is 24.3 Å². The van der Waals surface area contributed by atoms with Gasteiger partial charge in [0.2, 0.25) is 0 Å². The summed E-state index contributed by atoms with van der Waals surface area (Å²) in [6, 6.07) is 18.6. The SMILES string of the molecule is N#Cc1ccc(-c2ccc(-n3ccc(C(CC(=O)O)C(=O)O)c3)cc2)cc1. The van der Waals surface area contributed by atoms with Crippen molar-refractivity contribution in [1.29, 1.82) is 5.26 Å². The van der Waals surface area contributed by atoms with Gasteiger partial charge in [0.05, 0.1) is 24.0 Å². The summed E-state index contributed by atoms with van der Waals surface area (Å²) in [4.78, 5) is 22.2. The molecule has 6 nitrogen and oxygen atoms in total. The van der Waals surface area contributed by atoms with Gasteiger partial charge in [0, 0.05) is 18.1 Å². The third kappa shape index (κ3) is 4.05. The van der Waals surface area contributed by atoms with E-state index in [0.717, 1.165) is 16.8 Å². The summed E-state index contributed by atoms with van der Waals surface area (Å²) in [6.45, 7) is 0. The van der Waals surface area contributed by atoms with Crippen molar-refractivity contribution >= 4 is 11.9 Å². The quantitative estimate of drug-likeness (QED) is 0.698. The molecule has 1 aromatic heterocycles. The highest BCUT2D eigenvalue weighted by atomic mass is 16.4. The molecule has 0 amide bonds. The summed E-state index contributed by atoms with van der Waals surface area (Å²) < 4.78 is 1.76. The molecule has 2 aromatic carbocycles. The Morgan fingerprint density at radius 2 is 1.56 bits per heavy atom. The van der Waals surface area contributed by atoms with E-state index in [1.165, 1.54) is 0 Å². The van der Waals surface area contributed by atoms with Gasteiger partial charge in [-0.3, -0.25) is 9.59 Å². The number of rotatable bonds is 6. The van der Waals surface area contributed by atoms with Gasteiger partial charge in [-0.2, -0.15) is 5.26 Å². The second kappa shape index (κ2) is 7.58. The van der Waals surface area contributed by atoms with Gasteiger partial charge in [0.1, 0.15) is 0 Å². The van der Waals surface area contributed by atoms with E-state index >= 15 is 0 Å². The minimum atomic E-state index is -1.16. The number of aliphatic carboxylic acids is 2. The van der Waals surface area contributed by atoms with Crippen molar-refractivity contribution in [2.75, 3.05) is 0 Å². The van der Waals surface area contributed by atoms with E-state index in [1.807, 2.05) is 36.4 Å². The molecule has 0 saturated heterocycles. The Morgan fingerprint density at radius 3 is 2.07 bits per heavy atom. The van der Waals surface area contributed by atoms with Gasteiger partial charge in [-0.25, -0.2) is 0 Å². The Balaban J connectivity index is 1.83. The first-order valence-corrected chi connectivity index (χ1v) is 8.21. The minimum absolute atomic E-state index is 0.445. The van der Waals surface area contributed by atoms with E-state index in [0.29, 0.717) is 11.1 Å². The molecule has 0 fully saturated rings. The molecule has 0 aliphatic rings. The average Bonchev–Trinajstić information content (AvgIpc) is 3.16. The smallest absolute Gasteiger partial charge is 0.311 e. The first-order valence-electron chi connectivity index (χ1n) is 8.21. The molecule has 0 bridgehead atoms. The van der Waals surface area contributed by atoms with Gasteiger partial charge in [0.25, 0.3) is 0 Å². The molecular formula is C21H16N2O4. The lowest BCUT2D eigenvalue weighted by atomic mass is 9.99. The van der Waals surface area contributed by atoms with Crippen LogP contribution in [0.1, 0.15) is 23.5 Å². The van der Waals surface area contributed by atoms with Crippen LogP contribution in [0.3, 0.4) is 0 Å². The summed E-state index contributed by atoms with van der Waals surface area (Å²) in [5.74, 6) is -3.39. The zero-order chi connectivity index (χ0) is 19.4. The topological polar surface area (TPSA) is 103 Å². The van der Waals surface area contributed by atoms with E-state index in [4.69, 9.17) is 10.4 Å². The number of nitrogens with zero attached hydrogens (tertiary/aromatic N) is 2. The number of benzene rings is 2. The third-order valence-electron chi connectivity index (χ3n) is 4.31. The Hall–Kier alpha value is -3.85. The van der Waals surface area contributed by atoms with Crippen LogP contribution in [-0.2, 0) is 9.59 Å². The first kappa shape index (κ1) is 18.0. The average molecular weight is 360 g/mol. The highest BCUT2D eigenvalue weighted by Crippen LogP contribution is 2.25. The molecule has 1 atom stereocenters. The lowest BCUT2D eigenvalue weighted by Gasteiger charge is -2.08. The predicted octanol–water partition coefficient (Wildman–Crippen LogP) is 3.66. The number of hydrogen-bond acceptors (Lipinski definition) is 3. The number of aromatic nitrogens is 1. The third-order valence-corrected chi connectivity index (χ3v) is 4.31. The molecule has 0 saturated carbocycles. The van der Waals surface area contributed by atoms with Crippen LogP contribution >= 0.6 is 0 Å². The predicted molar refractivity (Wildman–Crippen MR) is 98.5 cm³/mol. The van der Waals surface area contributed by atoms with Crippen LogP contribution in [0.25, 0.3) is 16.8 Å². The van der Waals surface area contributed by atoms with Gasteiger partial charge in [0.15, 0.2) is 0 Å². The molecule has 1 unspecified atom stereocenters. The van der Waals surface area contributed by atoms with E-state index in [9.17, 15) is 14.7 Å². The molecule has 134 valence electrons. The largest absolute Gasteiger partial charge is 0.481 e. The normalized spacial score (nSPS) is 11.5. The van der Waals surface area contributed by atoms with Crippen LogP contribution in [0.4, 0.5) is 0 Å². The molecular weight excluding hydrogens is 344 g/mol. The van der Waals surface area contributed by atoms with Gasteiger partial charge in [-0.05, 0) is 47.0 Å². The number of hydrogen-bond donors (Lipinski definition) is 2. The molecule has 3 rings (SSSR count). The Bertz CT molecular complexity index is 1010. The minimum Gasteiger partial charge on any atom is -0.481 e. The van der Waals surface area contributed by atoms with Crippen molar-refractivity contribution in [3.63, 3.8) is 0 Å². The van der Waals surface area contributed by atoms with Gasteiger partial charge < -0.3 is 14.8 Å². The summed E-state index contributed by atoms with van der Waals surface area (Å²) in [7, 11) is 0. The molecule has 0 radical (unpaired) electrons. The molecule has 0 aliphatic carbocycles. The van der Waals surface area contributed by atoms with Crippen molar-refractivity contribution in [1.82, 2.24) is 4.57 Å². The molecule has 3 aromatic rings. The number of carboxylic acids is 2. The number of nitriles is 1. The second-order valence-corrected chi connectivity index (χ2v) is 6.08. The maximum absolute atomic E-state index is 11.3. The summed E-state index contributed by atoms with van der Waals surface area (Å²) >= 11 is 0. The van der Waals surface area contributed by atoms with Crippen LogP contribution in [0.2, 0.25) is 0 Å². The fourth-order valence-electron chi connectivity index (χ4n) is 2.87. The Kier molecular flexibility index (Phi) is 5.04. The zero-order valence-corrected chi connectivity index (χ0v) is 14.2. The summed E-state index contributed by atoms with van der Waals surface area (Å²) in [5, 5.41) is 27.0. The van der Waals surface area contributed by atoms with Crippen molar-refractivity contribution in [2.24, 2.45) is 0 Å². The lowest BCUT2D eigenvalue weighted by Crippen LogP contribution is -2.15.